The highest BCUT2D eigenvalue weighted by molar-refractivity contribution is 7.47. The van der Waals surface area contributed by atoms with Crippen LogP contribution < -0.4 is 0 Å². The lowest BCUT2D eigenvalue weighted by atomic mass is 9.83. The van der Waals surface area contributed by atoms with Crippen LogP contribution in [-0.4, -0.2) is 372 Å². The van der Waals surface area contributed by atoms with Crippen molar-refractivity contribution in [2.45, 2.75) is 149 Å². The fourth-order valence-corrected chi connectivity index (χ4v) is 17.1. The molecule has 128 heavy (non-hydrogen) atoms. The second-order valence-electron chi connectivity index (χ2n) is 33.6. The zero-order valence-electron chi connectivity index (χ0n) is 71.7. The van der Waals surface area contributed by atoms with Gasteiger partial charge in [-0.05, 0) is 141 Å². The SMILES string of the molecule is CN(C)Cc1ccc(-c2c3nc(c(-c4ccc(CN(C)C)cc4)c4ccc([nH]4)c(-c4ccc(CN(C)C)cc4)c4nc(c(-c5ccc(COCCOCCOP(=O)(O)OCC(C(COC6OC(CO)C(O)C(O)C6O)COC6OC(CO)C(O)C(O)C6O)C(COC6OC(CO)C(O)C(O)C6O)COC6OC(CO)C(O)C(O)C6O)cc5)c5ccc2[nH]5)C=C4)C=C3)cc1. The van der Waals surface area contributed by atoms with Crippen molar-refractivity contribution in [3.8, 4) is 44.5 Å². The Bertz CT molecular complexity index is 4810. The third kappa shape index (κ3) is 23.7. The van der Waals surface area contributed by atoms with Crippen molar-refractivity contribution in [2.24, 2.45) is 17.8 Å². The molecule has 21 atom stereocenters. The lowest BCUT2D eigenvalue weighted by molar-refractivity contribution is -0.319. The summed E-state index contributed by atoms with van der Waals surface area (Å²) in [7, 11) is 6.98. The summed E-state index contributed by atoms with van der Waals surface area (Å²) in [5.74, 6) is -4.53. The molecule has 0 amide bonds. The highest BCUT2D eigenvalue weighted by atomic mass is 31.2. The van der Waals surface area contributed by atoms with Gasteiger partial charge in [0.05, 0.1) is 115 Å². The van der Waals surface area contributed by atoms with Gasteiger partial charge in [0, 0.05) is 75.8 Å². The summed E-state index contributed by atoms with van der Waals surface area (Å²) in [5, 5.41) is 171. The van der Waals surface area contributed by atoms with Gasteiger partial charge < -0.3 is 159 Å². The maximum atomic E-state index is 14.2. The number of fused-ring (bicyclic) bond motifs is 8. The normalized spacial score (nSPS) is 28.0. The van der Waals surface area contributed by atoms with Crippen molar-refractivity contribution < 1.29 is 148 Å². The van der Waals surface area contributed by atoms with Crippen LogP contribution in [0.3, 0.4) is 0 Å². The summed E-state index contributed by atoms with van der Waals surface area (Å²) >= 11 is 0. The van der Waals surface area contributed by atoms with Crippen molar-refractivity contribution in [1.29, 1.82) is 0 Å². The molecule has 0 saturated carbocycles. The Morgan fingerprint density at radius 2 is 0.609 bits per heavy atom. The van der Waals surface area contributed by atoms with E-state index in [9.17, 15) is 91.2 Å². The molecule has 698 valence electrons. The number of nitrogens with zero attached hydrogens (tertiary/aromatic N) is 5. The molecule has 38 heteroatoms. The van der Waals surface area contributed by atoms with Crippen LogP contribution in [0, 0.1) is 17.8 Å². The Morgan fingerprint density at radius 1 is 0.344 bits per heavy atom. The summed E-state index contributed by atoms with van der Waals surface area (Å²) in [5.41, 5.74) is 17.9. The van der Waals surface area contributed by atoms with E-state index >= 15 is 0 Å². The number of aromatic nitrogens is 4. The van der Waals surface area contributed by atoms with Crippen molar-refractivity contribution in [3.05, 3.63) is 166 Å². The van der Waals surface area contributed by atoms with Crippen LogP contribution in [0.4, 0.5) is 0 Å². The molecule has 7 aromatic rings. The number of aliphatic hydroxyl groups excluding tert-OH is 16. The second-order valence-corrected chi connectivity index (χ2v) is 35.0. The molecule has 9 heterocycles. The van der Waals surface area contributed by atoms with Crippen LogP contribution in [-0.2, 0) is 87.2 Å². The Kier molecular flexibility index (Phi) is 34.3. The topological polar surface area (TPSA) is 539 Å². The first kappa shape index (κ1) is 97.9. The highest BCUT2D eigenvalue weighted by Crippen LogP contribution is 2.46. The molecular formula is C90H118N7O30P. The van der Waals surface area contributed by atoms with Gasteiger partial charge in [0.25, 0.3) is 0 Å². The molecule has 19 N–H and O–H groups in total. The monoisotopic (exact) mass is 1810 g/mol. The fourth-order valence-electron chi connectivity index (χ4n) is 16.4. The number of phosphoric ester groups is 1. The van der Waals surface area contributed by atoms with E-state index in [-0.39, 0.29) is 26.4 Å². The van der Waals surface area contributed by atoms with Crippen LogP contribution in [0.15, 0.2) is 121 Å². The minimum Gasteiger partial charge on any atom is -0.394 e. The second kappa shape index (κ2) is 44.8. The maximum Gasteiger partial charge on any atom is 0.472 e. The summed E-state index contributed by atoms with van der Waals surface area (Å²) < 4.78 is 83.8. The zero-order chi connectivity index (χ0) is 91.4. The van der Waals surface area contributed by atoms with Crippen LogP contribution in [0.2, 0.25) is 0 Å². The zero-order valence-corrected chi connectivity index (χ0v) is 72.6. The molecule has 4 aromatic carbocycles. The first-order valence-electron chi connectivity index (χ1n) is 42.4. The first-order chi connectivity index (χ1) is 61.4. The van der Waals surface area contributed by atoms with Crippen LogP contribution in [0.1, 0.15) is 45.0 Å². The number of ether oxygens (including phenoxy) is 10. The average molecular weight is 1810 g/mol. The summed E-state index contributed by atoms with van der Waals surface area (Å²) in [6.45, 7) is -6.33. The number of H-pyrrole nitrogens is 2. The Labute approximate surface area is 738 Å². The molecule has 0 radical (unpaired) electrons. The average Bonchev–Trinajstić information content (AvgIpc) is 1.61. The van der Waals surface area contributed by atoms with Crippen LogP contribution >= 0.6 is 7.82 Å². The summed E-state index contributed by atoms with van der Waals surface area (Å²) in [6, 6.07) is 42.1. The van der Waals surface area contributed by atoms with E-state index < -0.39 is 214 Å². The number of nitrogens with one attached hydrogen (secondary N) is 2. The van der Waals surface area contributed by atoms with E-state index in [0.717, 1.165) is 120 Å². The molecule has 37 nitrogen and oxygen atoms in total. The number of aromatic amines is 2. The molecular weight excluding hydrogens is 1690 g/mol. The molecule has 21 unspecified atom stereocenters. The molecule has 8 bridgehead atoms. The molecule has 6 aliphatic rings. The minimum absolute atomic E-state index is 0.0368. The van der Waals surface area contributed by atoms with Crippen molar-refractivity contribution in [2.75, 3.05) is 128 Å². The van der Waals surface area contributed by atoms with Gasteiger partial charge in [-0.15, -0.1) is 0 Å². The van der Waals surface area contributed by atoms with E-state index in [1.165, 1.54) is 5.56 Å². The molecule has 13 rings (SSSR count). The molecule has 6 aliphatic heterocycles. The quantitative estimate of drug-likeness (QED) is 0.0190. The largest absolute Gasteiger partial charge is 0.472 e. The number of hydrogen-bond acceptors (Lipinski definition) is 34. The number of aliphatic hydroxyl groups is 16. The van der Waals surface area contributed by atoms with Gasteiger partial charge in [0.2, 0.25) is 0 Å². The standard InChI is InChI=1S/C90H118N7O30P/c1-95(2)35-48-7-15-52(16-8-48)71-59-23-25-61(91-59)72(53-17-9-49(10-18-53)36-96(3)4)63-27-29-65(93-63)74(66-30-28-64(94-66)73(62-26-24-60(71)92-62)54-19-11-50(12-20-54)37-97(5)6)55-21-13-51(14-22-55)42-117-32-31-116-33-34-122-128(114,115)123-47-58(56(43-118-87-83(110)79(106)75(102)67(38-98)124-87)44-119-88-84(111)80(107)76(103)68(39-99)125-88)57(45-120-89-85(112)81(108)77(104)69(40-100)126-89)46-121-90-86(113)82(109)78(105)70(41-101)127-90/h7-30,56-58,67-70,75-91,94,98-113H,31-47H2,1-6H3,(H,114,115). The number of hydrogen-bond donors (Lipinski definition) is 19. The third-order valence-electron chi connectivity index (χ3n) is 23.3. The van der Waals surface area contributed by atoms with Gasteiger partial charge in [-0.3, -0.25) is 9.05 Å². The molecule has 4 fully saturated rings. The van der Waals surface area contributed by atoms with Crippen molar-refractivity contribution in [3.63, 3.8) is 0 Å². The maximum absolute atomic E-state index is 14.2. The van der Waals surface area contributed by atoms with E-state index in [0.29, 0.717) is 5.69 Å². The van der Waals surface area contributed by atoms with Crippen LogP contribution in [0.5, 0.6) is 0 Å². The lowest BCUT2D eigenvalue weighted by Crippen LogP contribution is -2.60. The predicted molar refractivity (Wildman–Crippen MR) is 464 cm³/mol. The molecule has 4 saturated heterocycles. The van der Waals surface area contributed by atoms with Gasteiger partial charge >= 0.3 is 7.82 Å². The number of benzene rings is 4. The van der Waals surface area contributed by atoms with E-state index in [4.69, 9.17) is 66.4 Å². The third-order valence-corrected chi connectivity index (χ3v) is 24.3. The van der Waals surface area contributed by atoms with E-state index in [1.807, 2.05) is 58.5 Å². The van der Waals surface area contributed by atoms with Crippen molar-refractivity contribution in [1.82, 2.24) is 34.6 Å². The lowest BCUT2D eigenvalue weighted by Gasteiger charge is -2.43. The van der Waals surface area contributed by atoms with Crippen LogP contribution in [0.25, 0.3) is 90.9 Å². The van der Waals surface area contributed by atoms with Gasteiger partial charge in [-0.25, -0.2) is 14.5 Å². The molecule has 0 aliphatic carbocycles. The Balaban J connectivity index is 0.749. The number of phosphoric acid groups is 1. The Morgan fingerprint density at radius 3 is 0.883 bits per heavy atom. The van der Waals surface area contributed by atoms with Gasteiger partial charge in [0.1, 0.15) is 97.7 Å². The van der Waals surface area contributed by atoms with E-state index in [1.54, 1.807) is 0 Å². The van der Waals surface area contributed by atoms with Gasteiger partial charge in [-0.1, -0.05) is 97.1 Å². The van der Waals surface area contributed by atoms with E-state index in [2.05, 4.69) is 154 Å². The smallest absolute Gasteiger partial charge is 0.394 e. The fraction of sp³-hybridized carbons (Fsp3) is 0.511. The highest BCUT2D eigenvalue weighted by Gasteiger charge is 2.50. The molecule has 0 spiro atoms. The summed E-state index contributed by atoms with van der Waals surface area (Å²) in [6.07, 6.45) is -29.0. The predicted octanol–water partition coefficient (Wildman–Crippen LogP) is 1.29. The van der Waals surface area contributed by atoms with Gasteiger partial charge in [-0.2, -0.15) is 0 Å². The number of rotatable bonds is 40. The Hall–Kier alpha value is -7.57. The summed E-state index contributed by atoms with van der Waals surface area (Å²) in [4.78, 5) is 36.7. The van der Waals surface area contributed by atoms with Gasteiger partial charge in [0.15, 0.2) is 25.2 Å². The van der Waals surface area contributed by atoms with Crippen molar-refractivity contribution >= 4 is 54.2 Å². The minimum atomic E-state index is -5.29. The molecule has 3 aromatic heterocycles. The first-order valence-corrected chi connectivity index (χ1v) is 43.9.